The van der Waals surface area contributed by atoms with Crippen LogP contribution in [0, 0.1) is 0 Å². The molecule has 0 unspecified atom stereocenters. The largest absolute Gasteiger partial charge is 0.504 e. The van der Waals surface area contributed by atoms with E-state index < -0.39 is 0 Å². The zero-order valence-electron chi connectivity index (χ0n) is 12.4. The zero-order valence-corrected chi connectivity index (χ0v) is 13.2. The van der Waals surface area contributed by atoms with Gasteiger partial charge in [-0.2, -0.15) is 0 Å². The van der Waals surface area contributed by atoms with Crippen molar-refractivity contribution in [2.45, 2.75) is 6.92 Å². The van der Waals surface area contributed by atoms with E-state index in [1.165, 1.54) is 11.3 Å². The van der Waals surface area contributed by atoms with Gasteiger partial charge in [0.15, 0.2) is 10.8 Å². The average Bonchev–Trinajstić information content (AvgIpc) is 2.90. The molecule has 0 aliphatic carbocycles. The summed E-state index contributed by atoms with van der Waals surface area (Å²) in [6.45, 7) is 2.10. The second kappa shape index (κ2) is 6.58. The van der Waals surface area contributed by atoms with Crippen molar-refractivity contribution in [2.75, 3.05) is 6.61 Å². The third kappa shape index (κ3) is 3.22. The number of rotatable bonds is 4. The Kier molecular flexibility index (Phi) is 4.34. The summed E-state index contributed by atoms with van der Waals surface area (Å²) in [5.74, 6) is -0.226. The average molecular weight is 326 g/mol. The van der Waals surface area contributed by atoms with Crippen LogP contribution in [0.2, 0.25) is 0 Å². The lowest BCUT2D eigenvalue weighted by Gasteiger charge is -2.01. The standard InChI is InChI=1S/C17H14N2O3S/c1-2-22-17(21)11-7-9-12(10-8-11)18-19-16-15(20)13-5-3-4-6-14(13)23-16/h3-10,20H,2H2,1H3. The first-order valence-corrected chi connectivity index (χ1v) is 7.90. The van der Waals surface area contributed by atoms with Crippen LogP contribution in [-0.4, -0.2) is 17.7 Å². The number of nitrogens with zero attached hydrogens (tertiary/aromatic N) is 2. The van der Waals surface area contributed by atoms with Crippen molar-refractivity contribution >= 4 is 38.1 Å². The van der Waals surface area contributed by atoms with E-state index in [0.29, 0.717) is 22.9 Å². The van der Waals surface area contributed by atoms with Gasteiger partial charge in [0.1, 0.15) is 0 Å². The summed E-state index contributed by atoms with van der Waals surface area (Å²) in [5.41, 5.74) is 1.06. The monoisotopic (exact) mass is 326 g/mol. The van der Waals surface area contributed by atoms with Gasteiger partial charge in [-0.1, -0.05) is 12.1 Å². The summed E-state index contributed by atoms with van der Waals surface area (Å²) in [6.07, 6.45) is 0. The molecule has 0 spiro atoms. The first kappa shape index (κ1) is 15.2. The van der Waals surface area contributed by atoms with E-state index in [-0.39, 0.29) is 11.7 Å². The van der Waals surface area contributed by atoms with Crippen LogP contribution in [0.4, 0.5) is 10.7 Å². The molecule has 0 aliphatic heterocycles. The van der Waals surface area contributed by atoms with Crippen LogP contribution >= 0.6 is 11.3 Å². The Morgan fingerprint density at radius 2 is 1.87 bits per heavy atom. The van der Waals surface area contributed by atoms with E-state index in [9.17, 15) is 9.90 Å². The van der Waals surface area contributed by atoms with Crippen LogP contribution in [0.5, 0.6) is 5.75 Å². The molecule has 0 aliphatic rings. The predicted octanol–water partition coefficient (Wildman–Crippen LogP) is 5.20. The number of thiophene rings is 1. The van der Waals surface area contributed by atoms with Gasteiger partial charge >= 0.3 is 5.97 Å². The van der Waals surface area contributed by atoms with Gasteiger partial charge in [0.05, 0.1) is 17.9 Å². The smallest absolute Gasteiger partial charge is 0.338 e. The molecule has 1 aromatic heterocycles. The number of aromatic hydroxyl groups is 1. The highest BCUT2D eigenvalue weighted by Gasteiger charge is 2.10. The summed E-state index contributed by atoms with van der Waals surface area (Å²) in [5, 5.41) is 19.6. The number of fused-ring (bicyclic) bond motifs is 1. The van der Waals surface area contributed by atoms with Crippen LogP contribution < -0.4 is 0 Å². The van der Waals surface area contributed by atoms with Crippen LogP contribution in [-0.2, 0) is 4.74 Å². The van der Waals surface area contributed by atoms with Gasteiger partial charge in [0.2, 0.25) is 0 Å². The molecule has 6 heteroatoms. The first-order chi connectivity index (χ1) is 11.2. The van der Waals surface area contributed by atoms with E-state index in [4.69, 9.17) is 4.74 Å². The number of carbonyl (C=O) groups is 1. The third-order valence-electron chi connectivity index (χ3n) is 3.19. The molecule has 23 heavy (non-hydrogen) atoms. The summed E-state index contributed by atoms with van der Waals surface area (Å²) in [4.78, 5) is 11.6. The van der Waals surface area contributed by atoms with Crippen LogP contribution in [0.1, 0.15) is 17.3 Å². The fraction of sp³-hybridized carbons (Fsp3) is 0.118. The number of hydrogen-bond acceptors (Lipinski definition) is 6. The van der Waals surface area contributed by atoms with Crippen molar-refractivity contribution in [1.29, 1.82) is 0 Å². The SMILES string of the molecule is CCOC(=O)c1ccc(N=Nc2sc3ccccc3c2O)cc1. The molecule has 0 saturated carbocycles. The fourth-order valence-corrected chi connectivity index (χ4v) is 2.99. The van der Waals surface area contributed by atoms with Crippen molar-refractivity contribution < 1.29 is 14.6 Å². The quantitative estimate of drug-likeness (QED) is 0.529. The molecule has 1 heterocycles. The van der Waals surface area contributed by atoms with Crippen molar-refractivity contribution in [1.82, 2.24) is 0 Å². The molecule has 1 N–H and O–H groups in total. The van der Waals surface area contributed by atoms with E-state index >= 15 is 0 Å². The Morgan fingerprint density at radius 1 is 1.13 bits per heavy atom. The highest BCUT2D eigenvalue weighted by atomic mass is 32.1. The number of benzene rings is 2. The maximum atomic E-state index is 11.6. The molecule has 3 aromatic rings. The fourth-order valence-electron chi connectivity index (χ4n) is 2.07. The number of hydrogen-bond donors (Lipinski definition) is 1. The second-order valence-corrected chi connectivity index (χ2v) is 5.75. The first-order valence-electron chi connectivity index (χ1n) is 7.08. The molecule has 2 aromatic carbocycles. The Labute approximate surface area is 136 Å². The Hall–Kier alpha value is -2.73. The van der Waals surface area contributed by atoms with Gasteiger partial charge in [-0.05, 0) is 43.3 Å². The van der Waals surface area contributed by atoms with Gasteiger partial charge in [-0.25, -0.2) is 4.79 Å². The van der Waals surface area contributed by atoms with Gasteiger partial charge in [0, 0.05) is 10.1 Å². The number of esters is 1. The molecule has 0 atom stereocenters. The van der Waals surface area contributed by atoms with Crippen molar-refractivity contribution in [2.24, 2.45) is 10.2 Å². The lowest BCUT2D eigenvalue weighted by atomic mass is 10.2. The molecule has 0 amide bonds. The van der Waals surface area contributed by atoms with Crippen molar-refractivity contribution in [3.05, 3.63) is 54.1 Å². The second-order valence-electron chi connectivity index (χ2n) is 4.72. The third-order valence-corrected chi connectivity index (χ3v) is 4.23. The molecule has 5 nitrogen and oxygen atoms in total. The zero-order chi connectivity index (χ0) is 16.2. The van der Waals surface area contributed by atoms with Crippen LogP contribution in [0.15, 0.2) is 58.8 Å². The number of azo groups is 1. The summed E-state index contributed by atoms with van der Waals surface area (Å²) in [7, 11) is 0. The minimum Gasteiger partial charge on any atom is -0.504 e. The van der Waals surface area contributed by atoms with E-state index in [2.05, 4.69) is 10.2 Å². The Morgan fingerprint density at radius 3 is 2.57 bits per heavy atom. The minimum absolute atomic E-state index is 0.137. The topological polar surface area (TPSA) is 71.2 Å². The van der Waals surface area contributed by atoms with Crippen molar-refractivity contribution in [3.8, 4) is 5.75 Å². The number of ether oxygens (including phenoxy) is 1. The van der Waals surface area contributed by atoms with Gasteiger partial charge in [-0.15, -0.1) is 21.6 Å². The van der Waals surface area contributed by atoms with E-state index in [0.717, 1.165) is 10.1 Å². The lowest BCUT2D eigenvalue weighted by Crippen LogP contribution is -2.03. The molecule has 116 valence electrons. The van der Waals surface area contributed by atoms with Gasteiger partial charge in [-0.3, -0.25) is 0 Å². The Balaban J connectivity index is 1.81. The minimum atomic E-state index is -0.363. The normalized spacial score (nSPS) is 11.2. The van der Waals surface area contributed by atoms with Crippen molar-refractivity contribution in [3.63, 3.8) is 0 Å². The molecule has 3 rings (SSSR count). The van der Waals surface area contributed by atoms with Crippen LogP contribution in [0.3, 0.4) is 0 Å². The van der Waals surface area contributed by atoms with Crippen LogP contribution in [0.25, 0.3) is 10.1 Å². The maximum Gasteiger partial charge on any atom is 0.338 e. The molecule has 0 bridgehead atoms. The summed E-state index contributed by atoms with van der Waals surface area (Å²) < 4.78 is 5.88. The summed E-state index contributed by atoms with van der Waals surface area (Å²) >= 11 is 1.37. The highest BCUT2D eigenvalue weighted by molar-refractivity contribution is 7.23. The Bertz CT molecular complexity index is 869. The predicted molar refractivity (Wildman–Crippen MR) is 90.1 cm³/mol. The summed E-state index contributed by atoms with van der Waals surface area (Å²) in [6, 6.07) is 14.2. The van der Waals surface area contributed by atoms with Gasteiger partial charge < -0.3 is 9.84 Å². The van der Waals surface area contributed by atoms with E-state index in [1.807, 2.05) is 24.3 Å². The molecule has 0 radical (unpaired) electrons. The number of carbonyl (C=O) groups excluding carboxylic acids is 1. The highest BCUT2D eigenvalue weighted by Crippen LogP contribution is 2.43. The molecular weight excluding hydrogens is 312 g/mol. The molecular formula is C17H14N2O3S. The van der Waals surface area contributed by atoms with E-state index in [1.54, 1.807) is 31.2 Å². The molecule has 0 fully saturated rings. The molecule has 0 saturated heterocycles. The lowest BCUT2D eigenvalue weighted by molar-refractivity contribution is 0.0526. The van der Waals surface area contributed by atoms with Gasteiger partial charge in [0.25, 0.3) is 0 Å². The maximum absolute atomic E-state index is 11.6.